The van der Waals surface area contributed by atoms with E-state index in [-0.39, 0.29) is 12.5 Å². The summed E-state index contributed by atoms with van der Waals surface area (Å²) in [6.07, 6.45) is 7.17. The Morgan fingerprint density at radius 3 is 2.60 bits per heavy atom. The van der Waals surface area contributed by atoms with E-state index in [4.69, 9.17) is 4.74 Å². The molecule has 2 N–H and O–H groups in total. The first-order valence-electron chi connectivity index (χ1n) is 9.22. The molecular weight excluding hydrogens is 312 g/mol. The van der Waals surface area contributed by atoms with Gasteiger partial charge in [0.25, 0.3) is 5.91 Å². The quantitative estimate of drug-likeness (QED) is 0.687. The number of ether oxygens (including phenoxy) is 1. The Morgan fingerprint density at radius 2 is 1.76 bits per heavy atom. The molecule has 4 heteroatoms. The van der Waals surface area contributed by atoms with Crippen molar-refractivity contribution in [2.24, 2.45) is 0 Å². The van der Waals surface area contributed by atoms with Gasteiger partial charge in [0.05, 0.1) is 5.52 Å². The van der Waals surface area contributed by atoms with Gasteiger partial charge in [0.15, 0.2) is 6.61 Å². The third-order valence-corrected chi connectivity index (χ3v) is 5.07. The number of nitrogens with one attached hydrogen (secondary N) is 2. The van der Waals surface area contributed by atoms with Gasteiger partial charge >= 0.3 is 0 Å². The molecule has 4 rings (SSSR count). The van der Waals surface area contributed by atoms with Gasteiger partial charge in [-0.3, -0.25) is 4.79 Å². The zero-order valence-electron chi connectivity index (χ0n) is 14.4. The molecule has 0 atom stereocenters. The van der Waals surface area contributed by atoms with Crippen LogP contribution in [0.1, 0.15) is 38.5 Å². The molecule has 2 aromatic carbocycles. The summed E-state index contributed by atoms with van der Waals surface area (Å²) in [5.74, 6) is 0.693. The highest BCUT2D eigenvalue weighted by Gasteiger charge is 2.15. The highest BCUT2D eigenvalue weighted by atomic mass is 16.5. The van der Waals surface area contributed by atoms with Crippen molar-refractivity contribution in [2.75, 3.05) is 6.61 Å². The molecule has 0 spiro atoms. The van der Waals surface area contributed by atoms with Crippen molar-refractivity contribution in [1.29, 1.82) is 0 Å². The number of rotatable bonds is 4. The zero-order valence-corrected chi connectivity index (χ0v) is 14.4. The molecule has 1 aliphatic carbocycles. The fourth-order valence-corrected chi connectivity index (χ4v) is 3.77. The van der Waals surface area contributed by atoms with Crippen LogP contribution in [0.25, 0.3) is 21.8 Å². The molecule has 0 unspecified atom stereocenters. The second kappa shape index (κ2) is 7.18. The standard InChI is InChI=1S/C21H24N2O2/c24-21(22-15-7-3-1-2-4-8-15)14-25-16-11-12-18-17-9-5-6-10-19(17)23-20(18)13-16/h5-6,9-13,15,23H,1-4,7-8,14H2,(H,22,24). The molecule has 1 fully saturated rings. The molecular formula is C21H24N2O2. The lowest BCUT2D eigenvalue weighted by atomic mass is 10.1. The van der Waals surface area contributed by atoms with Crippen LogP contribution < -0.4 is 10.1 Å². The van der Waals surface area contributed by atoms with E-state index >= 15 is 0 Å². The number of benzene rings is 2. The maximum Gasteiger partial charge on any atom is 0.258 e. The summed E-state index contributed by atoms with van der Waals surface area (Å²) in [6.45, 7) is 0.0717. The number of amides is 1. The number of fused-ring (bicyclic) bond motifs is 3. The van der Waals surface area contributed by atoms with Crippen LogP contribution in [0.5, 0.6) is 5.75 Å². The average Bonchev–Trinajstić information content (AvgIpc) is 2.79. The average molecular weight is 336 g/mol. The number of aromatic nitrogens is 1. The van der Waals surface area contributed by atoms with Crippen LogP contribution in [0.15, 0.2) is 42.5 Å². The Labute approximate surface area is 147 Å². The van der Waals surface area contributed by atoms with Crippen molar-refractivity contribution in [3.05, 3.63) is 42.5 Å². The highest BCUT2D eigenvalue weighted by molar-refractivity contribution is 6.07. The van der Waals surface area contributed by atoms with Gasteiger partial charge in [-0.25, -0.2) is 0 Å². The van der Waals surface area contributed by atoms with Gasteiger partial charge in [0.1, 0.15) is 5.75 Å². The Kier molecular flexibility index (Phi) is 4.59. The van der Waals surface area contributed by atoms with Crippen LogP contribution in [0.4, 0.5) is 0 Å². The van der Waals surface area contributed by atoms with Crippen molar-refractivity contribution in [3.63, 3.8) is 0 Å². The normalized spacial score (nSPS) is 16.0. The third kappa shape index (κ3) is 3.63. The van der Waals surface area contributed by atoms with E-state index < -0.39 is 0 Å². The van der Waals surface area contributed by atoms with Gasteiger partial charge in [-0.15, -0.1) is 0 Å². The molecule has 25 heavy (non-hydrogen) atoms. The van der Waals surface area contributed by atoms with E-state index in [2.05, 4.69) is 22.4 Å². The number of H-pyrrole nitrogens is 1. The van der Waals surface area contributed by atoms with Crippen molar-refractivity contribution >= 4 is 27.7 Å². The maximum atomic E-state index is 12.2. The van der Waals surface area contributed by atoms with Crippen LogP contribution >= 0.6 is 0 Å². The molecule has 1 amide bonds. The molecule has 0 bridgehead atoms. The van der Waals surface area contributed by atoms with Gasteiger partial charge in [-0.2, -0.15) is 0 Å². The van der Waals surface area contributed by atoms with Gasteiger partial charge in [-0.05, 0) is 31.0 Å². The van der Waals surface area contributed by atoms with E-state index in [1.807, 2.05) is 30.3 Å². The SMILES string of the molecule is O=C(COc1ccc2c(c1)[nH]c1ccccc12)NC1CCCCCC1. The monoisotopic (exact) mass is 336 g/mol. The maximum absolute atomic E-state index is 12.2. The second-order valence-corrected chi connectivity index (χ2v) is 6.92. The van der Waals surface area contributed by atoms with Gasteiger partial charge in [-0.1, -0.05) is 43.9 Å². The van der Waals surface area contributed by atoms with Crippen molar-refractivity contribution < 1.29 is 9.53 Å². The highest BCUT2D eigenvalue weighted by Crippen LogP contribution is 2.28. The first kappa shape index (κ1) is 16.0. The lowest BCUT2D eigenvalue weighted by Gasteiger charge is -2.16. The topological polar surface area (TPSA) is 54.1 Å². The number of para-hydroxylation sites is 1. The van der Waals surface area contributed by atoms with Crippen molar-refractivity contribution in [1.82, 2.24) is 10.3 Å². The van der Waals surface area contributed by atoms with Crippen molar-refractivity contribution in [2.45, 2.75) is 44.6 Å². The van der Waals surface area contributed by atoms with Crippen LogP contribution in [-0.2, 0) is 4.79 Å². The minimum atomic E-state index is -0.0244. The Balaban J connectivity index is 1.40. The molecule has 1 heterocycles. The molecule has 0 aliphatic heterocycles. The fraction of sp³-hybridized carbons (Fsp3) is 0.381. The Morgan fingerprint density at radius 1 is 1.00 bits per heavy atom. The fourth-order valence-electron chi connectivity index (χ4n) is 3.77. The molecule has 3 aromatic rings. The largest absolute Gasteiger partial charge is 0.484 e. The lowest BCUT2D eigenvalue weighted by molar-refractivity contribution is -0.123. The van der Waals surface area contributed by atoms with E-state index in [0.29, 0.717) is 6.04 Å². The van der Waals surface area contributed by atoms with Crippen LogP contribution in [0.2, 0.25) is 0 Å². The minimum Gasteiger partial charge on any atom is -0.484 e. The molecule has 1 saturated carbocycles. The molecule has 1 aromatic heterocycles. The van der Waals surface area contributed by atoms with Crippen molar-refractivity contribution in [3.8, 4) is 5.75 Å². The van der Waals surface area contributed by atoms with Crippen LogP contribution in [0.3, 0.4) is 0 Å². The van der Waals surface area contributed by atoms with Gasteiger partial charge < -0.3 is 15.0 Å². The lowest BCUT2D eigenvalue weighted by Crippen LogP contribution is -2.37. The molecule has 130 valence electrons. The van der Waals surface area contributed by atoms with E-state index in [0.717, 1.165) is 29.6 Å². The Hall–Kier alpha value is -2.49. The number of aromatic amines is 1. The van der Waals surface area contributed by atoms with Gasteiger partial charge in [0.2, 0.25) is 0 Å². The number of hydrogen-bond donors (Lipinski definition) is 2. The Bertz CT molecular complexity index is 876. The van der Waals surface area contributed by atoms with Gasteiger partial charge in [0, 0.05) is 28.4 Å². The summed E-state index contributed by atoms with van der Waals surface area (Å²) >= 11 is 0. The first-order chi connectivity index (χ1) is 12.3. The smallest absolute Gasteiger partial charge is 0.258 e. The molecule has 1 aliphatic rings. The number of hydrogen-bond acceptors (Lipinski definition) is 2. The summed E-state index contributed by atoms with van der Waals surface area (Å²) in [5.41, 5.74) is 2.14. The summed E-state index contributed by atoms with van der Waals surface area (Å²) in [6, 6.07) is 14.5. The second-order valence-electron chi connectivity index (χ2n) is 6.92. The van der Waals surface area contributed by atoms with E-state index in [1.165, 1.54) is 36.5 Å². The molecule has 0 radical (unpaired) electrons. The predicted octanol–water partition coefficient (Wildman–Crippen LogP) is 4.54. The predicted molar refractivity (Wildman–Crippen MR) is 101 cm³/mol. The number of carbonyl (C=O) groups excluding carboxylic acids is 1. The third-order valence-electron chi connectivity index (χ3n) is 5.07. The summed E-state index contributed by atoms with van der Waals surface area (Å²) in [5, 5.41) is 5.49. The molecule has 0 saturated heterocycles. The summed E-state index contributed by atoms with van der Waals surface area (Å²) in [7, 11) is 0. The zero-order chi connectivity index (χ0) is 17.1. The molecule has 4 nitrogen and oxygen atoms in total. The first-order valence-corrected chi connectivity index (χ1v) is 9.22. The van der Waals surface area contributed by atoms with Crippen LogP contribution in [-0.4, -0.2) is 23.5 Å². The summed E-state index contributed by atoms with van der Waals surface area (Å²) < 4.78 is 5.71. The number of carbonyl (C=O) groups is 1. The minimum absolute atomic E-state index is 0.0244. The summed E-state index contributed by atoms with van der Waals surface area (Å²) in [4.78, 5) is 15.6. The van der Waals surface area contributed by atoms with E-state index in [9.17, 15) is 4.79 Å². The van der Waals surface area contributed by atoms with Crippen LogP contribution in [0, 0.1) is 0 Å². The van der Waals surface area contributed by atoms with E-state index in [1.54, 1.807) is 0 Å².